The lowest BCUT2D eigenvalue weighted by atomic mass is 10.3. The average molecular weight is 439 g/mol. The minimum absolute atomic E-state index is 0.0747. The molecule has 0 aliphatic carbocycles. The summed E-state index contributed by atoms with van der Waals surface area (Å²) in [6.07, 6.45) is 1.62. The number of carbonyl (C=O) groups excluding carboxylic acids is 2. The zero-order valence-corrected chi connectivity index (χ0v) is 16.3. The van der Waals surface area contributed by atoms with Crippen molar-refractivity contribution in [3.8, 4) is 0 Å². The van der Waals surface area contributed by atoms with Crippen LogP contribution in [0.1, 0.15) is 16.9 Å². The highest BCUT2D eigenvalue weighted by atomic mass is 35.5. The molecule has 0 radical (unpaired) electrons. The van der Waals surface area contributed by atoms with Crippen LogP contribution in [0.5, 0.6) is 0 Å². The van der Waals surface area contributed by atoms with Crippen LogP contribution in [0.15, 0.2) is 48.7 Å². The summed E-state index contributed by atoms with van der Waals surface area (Å²) in [4.78, 5) is 24.2. The van der Waals surface area contributed by atoms with Gasteiger partial charge in [0, 0.05) is 30.5 Å². The van der Waals surface area contributed by atoms with Gasteiger partial charge in [-0.3, -0.25) is 14.3 Å². The maximum atomic E-state index is 13.2. The predicted molar refractivity (Wildman–Crippen MR) is 106 cm³/mol. The van der Waals surface area contributed by atoms with Crippen LogP contribution < -0.4 is 10.6 Å². The van der Waals surface area contributed by atoms with E-state index in [9.17, 15) is 18.4 Å². The van der Waals surface area contributed by atoms with Gasteiger partial charge in [0.15, 0.2) is 5.69 Å². The van der Waals surface area contributed by atoms with E-state index in [0.717, 1.165) is 12.1 Å². The third-order valence-corrected chi connectivity index (χ3v) is 4.40. The summed E-state index contributed by atoms with van der Waals surface area (Å²) in [6, 6.07) is 9.16. The Labute approximate surface area is 174 Å². The first-order chi connectivity index (χ1) is 13.8. The third kappa shape index (κ3) is 5.52. The number of nitrogens with one attached hydrogen (secondary N) is 2. The number of hydrogen-bond acceptors (Lipinski definition) is 3. The van der Waals surface area contributed by atoms with Crippen molar-refractivity contribution in [2.75, 3.05) is 10.6 Å². The van der Waals surface area contributed by atoms with Crippen LogP contribution in [-0.2, 0) is 11.3 Å². The molecule has 29 heavy (non-hydrogen) atoms. The van der Waals surface area contributed by atoms with Crippen LogP contribution >= 0.6 is 23.2 Å². The quantitative estimate of drug-likeness (QED) is 0.582. The van der Waals surface area contributed by atoms with Crippen LogP contribution in [0.2, 0.25) is 10.0 Å². The van der Waals surface area contributed by atoms with Gasteiger partial charge in [-0.15, -0.1) is 0 Å². The minimum Gasteiger partial charge on any atom is -0.326 e. The number of aromatic nitrogens is 2. The summed E-state index contributed by atoms with van der Waals surface area (Å²) in [5, 5.41) is 9.06. The van der Waals surface area contributed by atoms with Crippen LogP contribution in [0.3, 0.4) is 0 Å². The van der Waals surface area contributed by atoms with E-state index < -0.39 is 17.5 Å². The number of halogens is 4. The van der Waals surface area contributed by atoms with Crippen molar-refractivity contribution in [2.45, 2.75) is 13.0 Å². The third-order valence-electron chi connectivity index (χ3n) is 3.82. The van der Waals surface area contributed by atoms with Crippen LogP contribution in [-0.4, -0.2) is 21.6 Å². The van der Waals surface area contributed by atoms with Crippen molar-refractivity contribution >= 4 is 46.4 Å². The summed E-state index contributed by atoms with van der Waals surface area (Å²) < 4.78 is 27.7. The number of benzene rings is 2. The van der Waals surface area contributed by atoms with Gasteiger partial charge in [0.05, 0.1) is 10.0 Å². The fourth-order valence-corrected chi connectivity index (χ4v) is 2.75. The second-order valence-electron chi connectivity index (χ2n) is 5.97. The molecule has 3 aromatic rings. The molecule has 0 fully saturated rings. The maximum Gasteiger partial charge on any atom is 0.276 e. The number of anilines is 2. The topological polar surface area (TPSA) is 76.0 Å². The van der Waals surface area contributed by atoms with E-state index in [-0.39, 0.29) is 34.6 Å². The van der Waals surface area contributed by atoms with E-state index >= 15 is 0 Å². The van der Waals surface area contributed by atoms with E-state index in [0.29, 0.717) is 11.4 Å². The van der Waals surface area contributed by atoms with Crippen molar-refractivity contribution in [3.05, 3.63) is 76.0 Å². The van der Waals surface area contributed by atoms with Gasteiger partial charge < -0.3 is 10.6 Å². The molecule has 2 N–H and O–H groups in total. The van der Waals surface area contributed by atoms with Gasteiger partial charge in [-0.2, -0.15) is 5.10 Å². The molecule has 0 unspecified atom stereocenters. The molecule has 2 amide bonds. The molecule has 0 saturated carbocycles. The lowest BCUT2D eigenvalue weighted by Crippen LogP contribution is -2.16. The highest BCUT2D eigenvalue weighted by molar-refractivity contribution is 6.31. The smallest absolute Gasteiger partial charge is 0.276 e. The summed E-state index contributed by atoms with van der Waals surface area (Å²) in [7, 11) is 0. The van der Waals surface area contributed by atoms with Gasteiger partial charge in [-0.05, 0) is 42.5 Å². The van der Waals surface area contributed by atoms with Gasteiger partial charge in [-0.25, -0.2) is 8.78 Å². The Morgan fingerprint density at radius 3 is 2.10 bits per heavy atom. The summed E-state index contributed by atoms with van der Waals surface area (Å²) >= 11 is 11.4. The minimum atomic E-state index is -0.588. The summed E-state index contributed by atoms with van der Waals surface area (Å²) in [5.74, 6) is -1.99. The molecule has 1 heterocycles. The number of rotatable bonds is 6. The standard InChI is InChI=1S/C19H14Cl2F2N4O2/c20-13-9-11(1-3-15(13)22)24-18(28)6-8-27-7-5-17(26-27)19(29)25-12-2-4-16(23)14(21)10-12/h1-5,7,9-10H,6,8H2,(H,24,28)(H,25,29). The van der Waals surface area contributed by atoms with Crippen molar-refractivity contribution in [2.24, 2.45) is 0 Å². The molecule has 0 aliphatic heterocycles. The fourth-order valence-electron chi connectivity index (χ4n) is 2.39. The zero-order valence-electron chi connectivity index (χ0n) is 14.8. The molecule has 3 rings (SSSR count). The first-order valence-electron chi connectivity index (χ1n) is 8.36. The Bertz CT molecular complexity index is 1070. The molecule has 150 valence electrons. The molecule has 10 heteroatoms. The van der Waals surface area contributed by atoms with E-state index in [4.69, 9.17) is 23.2 Å². The van der Waals surface area contributed by atoms with Gasteiger partial charge in [0.1, 0.15) is 11.6 Å². The number of aryl methyl sites for hydroxylation is 1. The van der Waals surface area contributed by atoms with Gasteiger partial charge in [0.25, 0.3) is 5.91 Å². The van der Waals surface area contributed by atoms with Crippen molar-refractivity contribution in [1.82, 2.24) is 9.78 Å². The SMILES string of the molecule is O=C(CCn1ccc(C(=O)Nc2ccc(F)c(Cl)c2)n1)Nc1ccc(F)c(Cl)c1. The van der Waals surface area contributed by atoms with Crippen molar-refractivity contribution in [3.63, 3.8) is 0 Å². The highest BCUT2D eigenvalue weighted by Gasteiger charge is 2.12. The Balaban J connectivity index is 1.54. The largest absolute Gasteiger partial charge is 0.326 e. The monoisotopic (exact) mass is 438 g/mol. The molecule has 0 spiro atoms. The number of carbonyl (C=O) groups is 2. The average Bonchev–Trinajstić information content (AvgIpc) is 3.15. The Morgan fingerprint density at radius 1 is 0.931 bits per heavy atom. The highest BCUT2D eigenvalue weighted by Crippen LogP contribution is 2.20. The van der Waals surface area contributed by atoms with Crippen molar-refractivity contribution in [1.29, 1.82) is 0 Å². The Morgan fingerprint density at radius 2 is 1.52 bits per heavy atom. The summed E-state index contributed by atoms with van der Waals surface area (Å²) in [6.45, 7) is 0.219. The summed E-state index contributed by atoms with van der Waals surface area (Å²) in [5.41, 5.74) is 0.823. The second kappa shape index (κ2) is 9.02. The molecular formula is C19H14Cl2F2N4O2. The Hall–Kier alpha value is -2.97. The molecule has 6 nitrogen and oxygen atoms in total. The number of amides is 2. The second-order valence-corrected chi connectivity index (χ2v) is 6.79. The van der Waals surface area contributed by atoms with Crippen LogP contribution in [0, 0.1) is 11.6 Å². The van der Waals surface area contributed by atoms with Crippen LogP contribution in [0.4, 0.5) is 20.2 Å². The maximum absolute atomic E-state index is 13.2. The number of hydrogen-bond donors (Lipinski definition) is 2. The normalized spacial score (nSPS) is 10.6. The van der Waals surface area contributed by atoms with Gasteiger partial charge >= 0.3 is 0 Å². The lowest BCUT2D eigenvalue weighted by molar-refractivity contribution is -0.116. The first kappa shape index (κ1) is 20.8. The Kier molecular flexibility index (Phi) is 6.46. The number of nitrogens with zero attached hydrogens (tertiary/aromatic N) is 2. The van der Waals surface area contributed by atoms with E-state index in [1.54, 1.807) is 6.20 Å². The molecule has 0 saturated heterocycles. The van der Waals surface area contributed by atoms with E-state index in [1.165, 1.54) is 35.0 Å². The molecule has 1 aromatic heterocycles. The predicted octanol–water partition coefficient (Wildman–Crippen LogP) is 4.75. The van der Waals surface area contributed by atoms with E-state index in [2.05, 4.69) is 15.7 Å². The molecule has 0 aliphatic rings. The van der Waals surface area contributed by atoms with Gasteiger partial charge in [0.2, 0.25) is 5.91 Å². The zero-order chi connectivity index (χ0) is 21.0. The lowest BCUT2D eigenvalue weighted by Gasteiger charge is -2.06. The van der Waals surface area contributed by atoms with Crippen molar-refractivity contribution < 1.29 is 18.4 Å². The molecule has 0 bridgehead atoms. The molecular weight excluding hydrogens is 425 g/mol. The van der Waals surface area contributed by atoms with E-state index in [1.807, 2.05) is 0 Å². The fraction of sp³-hybridized carbons (Fsp3) is 0.105. The van der Waals surface area contributed by atoms with Crippen LogP contribution in [0.25, 0.3) is 0 Å². The molecule has 2 aromatic carbocycles. The first-order valence-corrected chi connectivity index (χ1v) is 9.12. The molecule has 0 atom stereocenters. The van der Waals surface area contributed by atoms with Gasteiger partial charge in [-0.1, -0.05) is 23.2 Å².